The SMILES string of the molecule is C=CC[C@@H](C)[C@H](C)SN. The Morgan fingerprint density at radius 3 is 2.56 bits per heavy atom. The summed E-state index contributed by atoms with van der Waals surface area (Å²) in [6.07, 6.45) is 3.00. The Bertz CT molecular complexity index is 83.0. The summed E-state index contributed by atoms with van der Waals surface area (Å²) in [4.78, 5) is 0. The molecular formula is C7H15NS. The summed E-state index contributed by atoms with van der Waals surface area (Å²) in [6.45, 7) is 7.99. The highest BCUT2D eigenvalue weighted by Gasteiger charge is 2.07. The van der Waals surface area contributed by atoms with E-state index in [1.807, 2.05) is 6.08 Å². The molecule has 0 fully saturated rings. The summed E-state index contributed by atoms with van der Waals surface area (Å²) in [5.41, 5.74) is 0. The quantitative estimate of drug-likeness (QED) is 0.485. The monoisotopic (exact) mass is 145 g/mol. The second-order valence-electron chi connectivity index (χ2n) is 2.34. The van der Waals surface area contributed by atoms with Gasteiger partial charge in [-0.2, -0.15) is 0 Å². The lowest BCUT2D eigenvalue weighted by molar-refractivity contribution is 0.587. The maximum Gasteiger partial charge on any atom is 0.0191 e. The van der Waals surface area contributed by atoms with Gasteiger partial charge >= 0.3 is 0 Å². The molecule has 0 saturated carbocycles. The number of hydrogen-bond acceptors (Lipinski definition) is 2. The van der Waals surface area contributed by atoms with E-state index in [9.17, 15) is 0 Å². The first-order chi connectivity index (χ1) is 4.22. The topological polar surface area (TPSA) is 26.0 Å². The van der Waals surface area contributed by atoms with E-state index in [1.165, 1.54) is 11.9 Å². The Kier molecular flexibility index (Phi) is 4.91. The van der Waals surface area contributed by atoms with Crippen molar-refractivity contribution in [3.8, 4) is 0 Å². The third-order valence-electron chi connectivity index (χ3n) is 1.55. The van der Waals surface area contributed by atoms with Gasteiger partial charge in [-0.15, -0.1) is 6.58 Å². The van der Waals surface area contributed by atoms with Crippen LogP contribution >= 0.6 is 11.9 Å². The molecule has 54 valence electrons. The molecule has 1 nitrogen and oxygen atoms in total. The Hall–Kier alpha value is 0.0500. The van der Waals surface area contributed by atoms with Crippen LogP contribution in [0.2, 0.25) is 0 Å². The molecule has 9 heavy (non-hydrogen) atoms. The molecule has 2 atom stereocenters. The third kappa shape index (κ3) is 3.60. The Balaban J connectivity index is 3.44. The van der Waals surface area contributed by atoms with Crippen LogP contribution in [0, 0.1) is 5.92 Å². The maximum atomic E-state index is 5.39. The van der Waals surface area contributed by atoms with Gasteiger partial charge in [-0.1, -0.05) is 31.9 Å². The Morgan fingerprint density at radius 1 is 1.67 bits per heavy atom. The van der Waals surface area contributed by atoms with Crippen LogP contribution in [0.5, 0.6) is 0 Å². The molecule has 2 N–H and O–H groups in total. The van der Waals surface area contributed by atoms with Gasteiger partial charge < -0.3 is 0 Å². The molecule has 0 radical (unpaired) electrons. The van der Waals surface area contributed by atoms with E-state index in [0.29, 0.717) is 11.2 Å². The van der Waals surface area contributed by atoms with Gasteiger partial charge in [0.05, 0.1) is 0 Å². The van der Waals surface area contributed by atoms with Gasteiger partial charge in [-0.05, 0) is 12.3 Å². The zero-order valence-electron chi connectivity index (χ0n) is 6.13. The van der Waals surface area contributed by atoms with Crippen molar-refractivity contribution in [2.75, 3.05) is 0 Å². The molecule has 0 aliphatic rings. The van der Waals surface area contributed by atoms with Crippen molar-refractivity contribution in [3.05, 3.63) is 12.7 Å². The molecule has 0 aromatic rings. The summed E-state index contributed by atoms with van der Waals surface area (Å²) in [6, 6.07) is 0. The second-order valence-corrected chi connectivity index (χ2v) is 3.36. The standard InChI is InChI=1S/C7H15NS/c1-4-5-6(2)7(3)9-8/h4,6-7H,1,5,8H2,2-3H3/t6-,7+/m1/s1. The second kappa shape index (κ2) is 4.89. The van der Waals surface area contributed by atoms with Crippen molar-refractivity contribution in [1.29, 1.82) is 0 Å². The van der Waals surface area contributed by atoms with E-state index in [4.69, 9.17) is 5.14 Å². The maximum absolute atomic E-state index is 5.39. The minimum atomic E-state index is 0.544. The summed E-state index contributed by atoms with van der Waals surface area (Å²) in [5, 5.41) is 5.93. The summed E-state index contributed by atoms with van der Waals surface area (Å²) in [5.74, 6) is 0.650. The highest BCUT2D eigenvalue weighted by molar-refractivity contribution is 7.97. The number of allylic oxidation sites excluding steroid dienone is 1. The van der Waals surface area contributed by atoms with Gasteiger partial charge in [0.15, 0.2) is 0 Å². The van der Waals surface area contributed by atoms with Crippen LogP contribution < -0.4 is 5.14 Å². The molecule has 0 bridgehead atoms. The lowest BCUT2D eigenvalue weighted by atomic mass is 10.1. The number of rotatable bonds is 4. The number of nitrogens with two attached hydrogens (primary N) is 1. The molecule has 0 rings (SSSR count). The van der Waals surface area contributed by atoms with Crippen molar-refractivity contribution in [2.24, 2.45) is 11.1 Å². The van der Waals surface area contributed by atoms with E-state index in [-0.39, 0.29) is 0 Å². The Morgan fingerprint density at radius 2 is 2.22 bits per heavy atom. The van der Waals surface area contributed by atoms with Crippen LogP contribution in [0.1, 0.15) is 20.3 Å². The van der Waals surface area contributed by atoms with Crippen LogP contribution in [-0.4, -0.2) is 5.25 Å². The molecule has 0 heterocycles. The van der Waals surface area contributed by atoms with Crippen LogP contribution in [0.25, 0.3) is 0 Å². The lowest BCUT2D eigenvalue weighted by Gasteiger charge is -2.14. The summed E-state index contributed by atoms with van der Waals surface area (Å²) >= 11 is 1.43. The van der Waals surface area contributed by atoms with Crippen LogP contribution in [0.15, 0.2) is 12.7 Å². The van der Waals surface area contributed by atoms with Crippen LogP contribution in [0.3, 0.4) is 0 Å². The minimum absolute atomic E-state index is 0.544. The van der Waals surface area contributed by atoms with Crippen molar-refractivity contribution >= 4 is 11.9 Å². The minimum Gasteiger partial charge on any atom is -0.278 e. The van der Waals surface area contributed by atoms with Gasteiger partial charge in [0.1, 0.15) is 0 Å². The van der Waals surface area contributed by atoms with E-state index in [1.54, 1.807) is 0 Å². The van der Waals surface area contributed by atoms with E-state index in [0.717, 1.165) is 6.42 Å². The lowest BCUT2D eigenvalue weighted by Crippen LogP contribution is -2.11. The predicted molar refractivity (Wildman–Crippen MR) is 45.2 cm³/mol. The zero-order chi connectivity index (χ0) is 7.28. The third-order valence-corrected chi connectivity index (χ3v) is 2.45. The molecular weight excluding hydrogens is 130 g/mol. The molecule has 0 unspecified atom stereocenters. The molecule has 0 aromatic heterocycles. The Labute approximate surface area is 61.8 Å². The van der Waals surface area contributed by atoms with Crippen molar-refractivity contribution in [3.63, 3.8) is 0 Å². The van der Waals surface area contributed by atoms with Gasteiger partial charge in [0.25, 0.3) is 0 Å². The average molecular weight is 145 g/mol. The fourth-order valence-corrected chi connectivity index (χ4v) is 0.968. The van der Waals surface area contributed by atoms with Gasteiger partial charge in [-0.25, -0.2) is 0 Å². The first-order valence-corrected chi connectivity index (χ1v) is 4.13. The molecule has 0 aromatic carbocycles. The highest BCUT2D eigenvalue weighted by atomic mass is 32.2. The molecule has 2 heteroatoms. The smallest absolute Gasteiger partial charge is 0.0191 e. The van der Waals surface area contributed by atoms with E-state index < -0.39 is 0 Å². The zero-order valence-corrected chi connectivity index (χ0v) is 6.95. The largest absolute Gasteiger partial charge is 0.278 e. The predicted octanol–water partition coefficient (Wildman–Crippen LogP) is 2.19. The van der Waals surface area contributed by atoms with E-state index >= 15 is 0 Å². The summed E-state index contributed by atoms with van der Waals surface area (Å²) in [7, 11) is 0. The molecule has 0 aliphatic heterocycles. The fourth-order valence-electron chi connectivity index (χ4n) is 0.589. The van der Waals surface area contributed by atoms with Crippen molar-refractivity contribution < 1.29 is 0 Å². The average Bonchev–Trinajstić information content (AvgIpc) is 1.87. The molecule has 0 saturated heterocycles. The van der Waals surface area contributed by atoms with E-state index in [2.05, 4.69) is 20.4 Å². The molecule has 0 amide bonds. The van der Waals surface area contributed by atoms with Gasteiger partial charge in [0, 0.05) is 5.25 Å². The number of hydrogen-bond donors (Lipinski definition) is 1. The summed E-state index contributed by atoms with van der Waals surface area (Å²) < 4.78 is 0. The van der Waals surface area contributed by atoms with Crippen molar-refractivity contribution in [1.82, 2.24) is 0 Å². The molecule has 0 aliphatic carbocycles. The van der Waals surface area contributed by atoms with Gasteiger partial charge in [0.2, 0.25) is 0 Å². The fraction of sp³-hybridized carbons (Fsp3) is 0.714. The van der Waals surface area contributed by atoms with Gasteiger partial charge in [-0.3, -0.25) is 5.14 Å². The molecule has 0 spiro atoms. The normalized spacial score (nSPS) is 16.8. The first-order valence-electron chi connectivity index (χ1n) is 3.18. The highest BCUT2D eigenvalue weighted by Crippen LogP contribution is 2.16. The van der Waals surface area contributed by atoms with Crippen molar-refractivity contribution in [2.45, 2.75) is 25.5 Å². The van der Waals surface area contributed by atoms with Crippen LogP contribution in [0.4, 0.5) is 0 Å². The van der Waals surface area contributed by atoms with Crippen LogP contribution in [-0.2, 0) is 0 Å². The first kappa shape index (κ1) is 9.05.